The van der Waals surface area contributed by atoms with Crippen molar-refractivity contribution in [2.45, 2.75) is 25.7 Å². The molecule has 0 fully saturated rings. The number of esters is 1. The molecule has 7 heteroatoms. The first-order chi connectivity index (χ1) is 14.0. The summed E-state index contributed by atoms with van der Waals surface area (Å²) in [5, 5.41) is 17.2. The fraction of sp³-hybridized carbons (Fsp3) is 0.409. The lowest BCUT2D eigenvalue weighted by Crippen LogP contribution is -2.39. The van der Waals surface area contributed by atoms with Crippen molar-refractivity contribution >= 4 is 23.1 Å². The van der Waals surface area contributed by atoms with Crippen molar-refractivity contribution in [2.24, 2.45) is 12.1 Å². The van der Waals surface area contributed by atoms with Crippen LogP contribution in [0, 0.1) is 0 Å². The molecule has 1 aromatic heterocycles. The molecule has 152 valence electrons. The Balaban J connectivity index is 1.80. The topological polar surface area (TPSA) is 69.2 Å². The van der Waals surface area contributed by atoms with E-state index in [9.17, 15) is 9.90 Å². The number of methoxy groups -OCH3 is 1. The number of phenolic OH excluding ortho intramolecular Hbond substituents is 1. The van der Waals surface area contributed by atoms with E-state index in [0.717, 1.165) is 44.3 Å². The van der Waals surface area contributed by atoms with E-state index in [1.165, 1.54) is 18.4 Å². The van der Waals surface area contributed by atoms with E-state index in [-0.39, 0.29) is 11.5 Å². The Kier molecular flexibility index (Phi) is 5.13. The fourth-order valence-electron chi connectivity index (χ4n) is 4.34. The summed E-state index contributed by atoms with van der Waals surface area (Å²) in [4.78, 5) is 14.8. The maximum absolute atomic E-state index is 12.5. The number of aromatic nitrogens is 1. The molecule has 2 aromatic rings. The van der Waals surface area contributed by atoms with Crippen molar-refractivity contribution in [1.82, 2.24) is 0 Å². The fourth-order valence-corrected chi connectivity index (χ4v) is 4.34. The summed E-state index contributed by atoms with van der Waals surface area (Å²) in [6.07, 6.45) is 5.83. The molecule has 0 radical (unpaired) electrons. The highest BCUT2D eigenvalue weighted by Gasteiger charge is 2.30. The van der Waals surface area contributed by atoms with Crippen LogP contribution >= 0.6 is 0 Å². The summed E-state index contributed by atoms with van der Waals surface area (Å²) in [6.45, 7) is 2.09. The maximum atomic E-state index is 12.5. The maximum Gasteiger partial charge on any atom is 0.365 e. The third kappa shape index (κ3) is 3.41. The number of ether oxygens (including phenoxy) is 1. The van der Waals surface area contributed by atoms with Crippen LogP contribution in [0.2, 0.25) is 0 Å². The predicted molar refractivity (Wildman–Crippen MR) is 112 cm³/mol. The Labute approximate surface area is 170 Å². The molecule has 0 amide bonds. The van der Waals surface area contributed by atoms with Gasteiger partial charge in [0.15, 0.2) is 6.20 Å². The molecule has 7 nitrogen and oxygen atoms in total. The molecule has 1 aromatic carbocycles. The highest BCUT2D eigenvalue weighted by molar-refractivity contribution is 6.42. The van der Waals surface area contributed by atoms with Gasteiger partial charge >= 0.3 is 5.97 Å². The Morgan fingerprint density at radius 3 is 2.76 bits per heavy atom. The van der Waals surface area contributed by atoms with Gasteiger partial charge in [0, 0.05) is 43.5 Å². The second-order valence-corrected chi connectivity index (χ2v) is 7.59. The highest BCUT2D eigenvalue weighted by atomic mass is 16.5. The summed E-state index contributed by atoms with van der Waals surface area (Å²) < 4.78 is 6.79. The predicted octanol–water partition coefficient (Wildman–Crippen LogP) is 1.93. The third-order valence-corrected chi connectivity index (χ3v) is 5.75. The van der Waals surface area contributed by atoms with Gasteiger partial charge in [-0.05, 0) is 43.4 Å². The van der Waals surface area contributed by atoms with Gasteiger partial charge in [-0.25, -0.2) is 4.79 Å². The molecular formula is C22H27N4O3+. The molecule has 3 heterocycles. The first kappa shape index (κ1) is 19.2. The highest BCUT2D eigenvalue weighted by Crippen LogP contribution is 2.45. The van der Waals surface area contributed by atoms with Gasteiger partial charge in [-0.2, -0.15) is 9.67 Å². The van der Waals surface area contributed by atoms with Crippen LogP contribution in [0.15, 0.2) is 35.6 Å². The van der Waals surface area contributed by atoms with Gasteiger partial charge in [-0.3, -0.25) is 5.01 Å². The van der Waals surface area contributed by atoms with Crippen LogP contribution in [0.3, 0.4) is 0 Å². The van der Waals surface area contributed by atoms with Gasteiger partial charge in [-0.1, -0.05) is 0 Å². The van der Waals surface area contributed by atoms with E-state index in [1.807, 2.05) is 42.1 Å². The minimum atomic E-state index is -0.524. The van der Waals surface area contributed by atoms with Crippen LogP contribution in [0.1, 0.15) is 29.7 Å². The molecule has 2 aliphatic heterocycles. The van der Waals surface area contributed by atoms with Crippen LogP contribution in [0.25, 0.3) is 0 Å². The van der Waals surface area contributed by atoms with Crippen LogP contribution in [-0.2, 0) is 29.4 Å². The molecule has 0 saturated heterocycles. The quantitative estimate of drug-likeness (QED) is 0.371. The average Bonchev–Trinajstić information content (AvgIpc) is 2.74. The van der Waals surface area contributed by atoms with Crippen molar-refractivity contribution in [2.75, 3.05) is 37.2 Å². The van der Waals surface area contributed by atoms with Gasteiger partial charge in [0.25, 0.3) is 0 Å². The number of hydrogen-bond donors (Lipinski definition) is 1. The van der Waals surface area contributed by atoms with E-state index in [2.05, 4.69) is 10.0 Å². The average molecular weight is 395 g/mol. The first-order valence-corrected chi connectivity index (χ1v) is 9.99. The van der Waals surface area contributed by atoms with Gasteiger partial charge in [0.05, 0.1) is 7.11 Å². The normalized spacial score (nSPS) is 15.7. The van der Waals surface area contributed by atoms with E-state index in [4.69, 9.17) is 4.74 Å². The van der Waals surface area contributed by atoms with E-state index in [0.29, 0.717) is 11.4 Å². The Morgan fingerprint density at radius 2 is 2.03 bits per heavy atom. The standard InChI is InChI=1S/C22H26N4O3/c1-24-11-5-4-10-17(24)19(22(28)29-3)23-25(2)18-14-15-8-6-12-26-13-7-9-16(20(15)26)21(18)27/h4-5,10-11,14H,6-9,12-13H2,1-3H3/p+1. The Hall–Kier alpha value is -3.09. The molecule has 0 unspecified atom stereocenters. The van der Waals surface area contributed by atoms with Crippen molar-refractivity contribution in [3.63, 3.8) is 0 Å². The molecular weight excluding hydrogens is 368 g/mol. The smallest absolute Gasteiger partial charge is 0.365 e. The van der Waals surface area contributed by atoms with Gasteiger partial charge in [-0.15, -0.1) is 0 Å². The van der Waals surface area contributed by atoms with Crippen LogP contribution in [0.5, 0.6) is 5.75 Å². The summed E-state index contributed by atoms with van der Waals surface area (Å²) in [5.41, 5.74) is 4.87. The second-order valence-electron chi connectivity index (χ2n) is 7.59. The lowest BCUT2D eigenvalue weighted by molar-refractivity contribution is -0.672. The SMILES string of the molecule is COC(=O)C(=NN(C)c1cc2c3c(c1O)CCCN3CCC2)c1cccc[n+]1C. The molecule has 0 bridgehead atoms. The molecule has 0 spiro atoms. The summed E-state index contributed by atoms with van der Waals surface area (Å²) in [5.74, 6) is -0.271. The van der Waals surface area contributed by atoms with Crippen LogP contribution < -0.4 is 14.5 Å². The summed E-state index contributed by atoms with van der Waals surface area (Å²) in [6, 6.07) is 7.56. The second kappa shape index (κ2) is 7.73. The number of hydrogen-bond acceptors (Lipinski definition) is 6. The minimum absolute atomic E-state index is 0.186. The zero-order chi connectivity index (χ0) is 20.5. The number of carbonyl (C=O) groups excluding carboxylic acids is 1. The van der Waals surface area contributed by atoms with Crippen molar-refractivity contribution < 1.29 is 19.2 Å². The number of carbonyl (C=O) groups is 1. The zero-order valence-corrected chi connectivity index (χ0v) is 17.2. The molecule has 0 atom stereocenters. The Bertz CT molecular complexity index is 984. The molecule has 0 aliphatic carbocycles. The third-order valence-electron chi connectivity index (χ3n) is 5.75. The lowest BCUT2D eigenvalue weighted by atomic mass is 9.90. The lowest BCUT2D eigenvalue weighted by Gasteiger charge is -2.38. The van der Waals surface area contributed by atoms with Gasteiger partial charge < -0.3 is 14.7 Å². The number of nitrogens with zero attached hydrogens (tertiary/aromatic N) is 4. The van der Waals surface area contributed by atoms with Crippen LogP contribution in [-0.4, -0.2) is 44.0 Å². The van der Waals surface area contributed by atoms with E-state index >= 15 is 0 Å². The monoisotopic (exact) mass is 395 g/mol. The van der Waals surface area contributed by atoms with Gasteiger partial charge in [0.1, 0.15) is 18.5 Å². The number of benzene rings is 1. The molecule has 1 N–H and O–H groups in total. The molecule has 0 saturated carbocycles. The number of aryl methyl sites for hydroxylation is 2. The summed E-state index contributed by atoms with van der Waals surface area (Å²) >= 11 is 0. The number of aromatic hydroxyl groups is 1. The van der Waals surface area contributed by atoms with E-state index < -0.39 is 5.97 Å². The number of anilines is 2. The van der Waals surface area contributed by atoms with Gasteiger partial charge in [0.2, 0.25) is 11.4 Å². The largest absolute Gasteiger partial charge is 0.505 e. The Morgan fingerprint density at radius 1 is 1.28 bits per heavy atom. The number of pyridine rings is 1. The first-order valence-electron chi connectivity index (χ1n) is 9.99. The summed E-state index contributed by atoms with van der Waals surface area (Å²) in [7, 11) is 4.95. The van der Waals surface area contributed by atoms with Crippen molar-refractivity contribution in [3.8, 4) is 5.75 Å². The molecule has 29 heavy (non-hydrogen) atoms. The number of rotatable bonds is 4. The number of hydrazone groups is 1. The van der Waals surface area contributed by atoms with Crippen molar-refractivity contribution in [3.05, 3.63) is 47.3 Å². The molecule has 4 rings (SSSR count). The van der Waals surface area contributed by atoms with E-state index in [1.54, 1.807) is 12.1 Å². The van der Waals surface area contributed by atoms with Crippen molar-refractivity contribution in [1.29, 1.82) is 0 Å². The van der Waals surface area contributed by atoms with Crippen LogP contribution in [0.4, 0.5) is 11.4 Å². The number of phenols is 1. The minimum Gasteiger partial charge on any atom is -0.505 e. The molecule has 2 aliphatic rings. The zero-order valence-electron chi connectivity index (χ0n) is 17.2.